The lowest BCUT2D eigenvalue weighted by molar-refractivity contribution is -0.232. The zero-order valence-corrected chi connectivity index (χ0v) is 38.6. The number of likely N-dealkylation sites (N-methyl/N-ethyl adjacent to an activating group) is 1. The fraction of sp³-hybridized carbons (Fsp3) is 0.694. The molecular formula is C49H67ClN4O6. The summed E-state index contributed by atoms with van der Waals surface area (Å²) >= 11 is 7.36. The third-order valence-electron chi connectivity index (χ3n) is 17.3. The number of ether oxygens (including phenoxy) is 1. The number of fused-ring (bicyclic) bond motifs is 7. The minimum absolute atomic E-state index is 0.00268. The van der Waals surface area contributed by atoms with Gasteiger partial charge in [-0.25, -0.2) is 4.68 Å². The van der Waals surface area contributed by atoms with Crippen molar-refractivity contribution in [3.05, 3.63) is 62.0 Å². The largest absolute Gasteiger partial charge is 0.481 e. The van der Waals surface area contributed by atoms with Crippen molar-refractivity contribution < 1.29 is 24.2 Å². The number of carboxylic acid groups (broad SMARTS) is 1. The molecule has 5 aliphatic rings. The van der Waals surface area contributed by atoms with Crippen LogP contribution < -0.4 is 5.56 Å². The van der Waals surface area contributed by atoms with Crippen LogP contribution in [0, 0.1) is 62.1 Å². The smallest absolute Gasteiger partial charge is 0.309 e. The third-order valence-corrected chi connectivity index (χ3v) is 17.7. The number of Topliss-reactive ketones (excluding diaryl/α,β-unsaturated/α-hetero) is 1. The third kappa shape index (κ3) is 6.48. The molecule has 11 heteroatoms. The number of ketones is 1. The molecule has 326 valence electrons. The van der Waals surface area contributed by atoms with Crippen LogP contribution in [0.4, 0.5) is 0 Å². The molecule has 7 rings (SSSR count). The molecule has 0 unspecified atom stereocenters. The number of halogens is 1. The summed E-state index contributed by atoms with van der Waals surface area (Å²) in [6.45, 7) is 20.6. The second-order valence-corrected chi connectivity index (χ2v) is 22.2. The topological polar surface area (TPSA) is 135 Å². The predicted octanol–water partition coefficient (Wildman–Crippen LogP) is 9.37. The Hall–Kier alpha value is -3.68. The Labute approximate surface area is 361 Å². The molecule has 4 fully saturated rings. The van der Waals surface area contributed by atoms with Crippen LogP contribution >= 0.6 is 11.6 Å². The second kappa shape index (κ2) is 15.0. The van der Waals surface area contributed by atoms with E-state index in [2.05, 4.69) is 64.1 Å². The number of hydrogen-bond donors (Lipinski definition) is 1. The number of rotatable bonds is 10. The first-order valence-electron chi connectivity index (χ1n) is 22.3. The average Bonchev–Trinajstić information content (AvgIpc) is 3.61. The summed E-state index contributed by atoms with van der Waals surface area (Å²) in [5.74, 6) is -0.408. The van der Waals surface area contributed by atoms with Crippen molar-refractivity contribution in [2.75, 3.05) is 20.6 Å². The highest BCUT2D eigenvalue weighted by Gasteiger charge is 2.71. The molecule has 4 saturated carbocycles. The Morgan fingerprint density at radius 3 is 2.23 bits per heavy atom. The molecular weight excluding hydrogens is 776 g/mol. The normalized spacial score (nSPS) is 33.5. The Balaban J connectivity index is 1.29. The van der Waals surface area contributed by atoms with Crippen LogP contribution in [0.5, 0.6) is 0 Å². The molecule has 0 radical (unpaired) electrons. The molecule has 0 amide bonds. The lowest BCUT2D eigenvalue weighted by Crippen LogP contribution is -2.66. The maximum atomic E-state index is 14.7. The minimum atomic E-state index is -1.19. The van der Waals surface area contributed by atoms with Gasteiger partial charge in [0.05, 0.1) is 41.4 Å². The fourth-order valence-electron chi connectivity index (χ4n) is 14.1. The Morgan fingerprint density at radius 2 is 1.63 bits per heavy atom. The molecule has 0 aliphatic heterocycles. The molecule has 0 bridgehead atoms. The van der Waals surface area contributed by atoms with Crippen LogP contribution in [0.15, 0.2) is 40.2 Å². The van der Waals surface area contributed by atoms with Gasteiger partial charge in [0.15, 0.2) is 5.78 Å². The van der Waals surface area contributed by atoms with Crippen LogP contribution in [-0.4, -0.2) is 63.8 Å². The average molecular weight is 844 g/mol. The lowest BCUT2D eigenvalue weighted by Gasteiger charge is -2.72. The minimum Gasteiger partial charge on any atom is -0.481 e. The van der Waals surface area contributed by atoms with Crippen molar-refractivity contribution in [2.24, 2.45) is 50.7 Å². The Kier molecular flexibility index (Phi) is 11.1. The summed E-state index contributed by atoms with van der Waals surface area (Å²) < 4.78 is 9.93. The van der Waals surface area contributed by atoms with Gasteiger partial charge in [-0.15, -0.1) is 0 Å². The Bertz CT molecular complexity index is 2220. The molecule has 60 heavy (non-hydrogen) atoms. The molecule has 2 aromatic rings. The van der Waals surface area contributed by atoms with Gasteiger partial charge < -0.3 is 14.7 Å². The van der Waals surface area contributed by atoms with Crippen molar-refractivity contribution in [3.8, 4) is 11.8 Å². The zero-order valence-electron chi connectivity index (χ0n) is 37.8. The van der Waals surface area contributed by atoms with E-state index in [1.54, 1.807) is 42.8 Å². The van der Waals surface area contributed by atoms with Crippen LogP contribution in [0.3, 0.4) is 0 Å². The van der Waals surface area contributed by atoms with Gasteiger partial charge in [-0.3, -0.25) is 23.9 Å². The number of aromatic nitrogens is 2. The highest BCUT2D eigenvalue weighted by atomic mass is 35.5. The van der Waals surface area contributed by atoms with E-state index in [0.29, 0.717) is 49.0 Å². The van der Waals surface area contributed by atoms with E-state index >= 15 is 0 Å². The lowest BCUT2D eigenvalue weighted by atomic mass is 9.33. The molecule has 10 nitrogen and oxygen atoms in total. The number of nitriles is 1. The first-order valence-corrected chi connectivity index (χ1v) is 22.7. The first kappa shape index (κ1) is 44.4. The summed E-state index contributed by atoms with van der Waals surface area (Å²) in [5, 5.41) is 19.4. The van der Waals surface area contributed by atoms with Crippen molar-refractivity contribution in [1.29, 1.82) is 5.26 Å². The standard InChI is InChI=1S/C49H67ClN4O6/c1-29(2)38-33(55)26-49(41-40(50)42(57)54(53(41)25-24-52(10)11)31-14-12-30(28-51)13-15-31)23-22-47(8)32(39(38)49)16-17-35-46(7)20-19-36(60-37(56)27-44(3,4)43(58)59)45(5,6)34(46)18-21-48(35,47)9/h12-15,29,32,34-36H,16-27H2,1-11H3,(H,58,59)/t32-,34+,35-,36+,46+,47-,48-,49-/m1/s1. The summed E-state index contributed by atoms with van der Waals surface area (Å²) in [6.07, 6.45) is 7.13. The van der Waals surface area contributed by atoms with E-state index in [-0.39, 0.29) is 62.4 Å². The van der Waals surface area contributed by atoms with Gasteiger partial charge in [0.2, 0.25) is 0 Å². The SMILES string of the molecule is CC(C)C1=C2[C@H]3CC[C@@H]4[C@@]5(C)CC[C@H](OC(=O)CC(C)(C)C(=O)O)C(C)(C)[C@@H]5CC[C@@]4(C)[C@]3(C)CC[C@@]2(c2c(Cl)c(=O)n(-c3ccc(C#N)cc3)n2CCN(C)C)CC1=O. The van der Waals surface area contributed by atoms with Gasteiger partial charge in [0, 0.05) is 23.8 Å². The maximum Gasteiger partial charge on any atom is 0.309 e. The van der Waals surface area contributed by atoms with E-state index in [0.717, 1.165) is 56.2 Å². The number of allylic oxidation sites excluding steroid dienone is 2. The number of benzene rings is 1. The second-order valence-electron chi connectivity index (χ2n) is 21.8. The van der Waals surface area contributed by atoms with E-state index in [1.807, 2.05) is 14.1 Å². The summed E-state index contributed by atoms with van der Waals surface area (Å²) in [4.78, 5) is 56.3. The summed E-state index contributed by atoms with van der Waals surface area (Å²) in [7, 11) is 4.02. The Morgan fingerprint density at radius 1 is 0.967 bits per heavy atom. The van der Waals surface area contributed by atoms with E-state index in [4.69, 9.17) is 16.3 Å². The van der Waals surface area contributed by atoms with E-state index in [9.17, 15) is 29.5 Å². The number of carbonyl (C=O) groups excluding carboxylic acids is 2. The van der Waals surface area contributed by atoms with Gasteiger partial charge in [0.1, 0.15) is 11.1 Å². The van der Waals surface area contributed by atoms with E-state index < -0.39 is 22.8 Å². The molecule has 0 spiro atoms. The highest BCUT2D eigenvalue weighted by molar-refractivity contribution is 6.31. The number of esters is 1. The van der Waals surface area contributed by atoms with Crippen LogP contribution in [0.1, 0.15) is 138 Å². The van der Waals surface area contributed by atoms with Gasteiger partial charge in [-0.2, -0.15) is 5.26 Å². The monoisotopic (exact) mass is 842 g/mol. The van der Waals surface area contributed by atoms with Crippen LogP contribution in [-0.2, 0) is 31.1 Å². The summed E-state index contributed by atoms with van der Waals surface area (Å²) in [5.41, 5.74) is 1.37. The number of carbonyl (C=O) groups is 3. The number of aliphatic carboxylic acids is 1. The van der Waals surface area contributed by atoms with Gasteiger partial charge in [-0.05, 0) is 155 Å². The number of hydrogen-bond acceptors (Lipinski definition) is 7. The molecule has 1 aromatic heterocycles. The van der Waals surface area contributed by atoms with Gasteiger partial charge in [-0.1, -0.05) is 60.1 Å². The van der Waals surface area contributed by atoms with Crippen molar-refractivity contribution in [1.82, 2.24) is 14.3 Å². The molecule has 0 saturated heterocycles. The molecule has 1 heterocycles. The quantitative estimate of drug-likeness (QED) is 0.234. The fourth-order valence-corrected chi connectivity index (χ4v) is 14.5. The van der Waals surface area contributed by atoms with Crippen molar-refractivity contribution in [3.63, 3.8) is 0 Å². The van der Waals surface area contributed by atoms with Gasteiger partial charge >= 0.3 is 11.9 Å². The van der Waals surface area contributed by atoms with Crippen molar-refractivity contribution in [2.45, 2.75) is 145 Å². The molecule has 8 atom stereocenters. The summed E-state index contributed by atoms with van der Waals surface area (Å²) in [6, 6.07) is 9.23. The van der Waals surface area contributed by atoms with E-state index in [1.165, 1.54) is 5.57 Å². The zero-order chi connectivity index (χ0) is 44.1. The molecule has 1 N–H and O–H groups in total. The molecule has 1 aromatic carbocycles. The van der Waals surface area contributed by atoms with Crippen LogP contribution in [0.2, 0.25) is 5.02 Å². The first-order chi connectivity index (χ1) is 27.9. The number of carboxylic acids is 1. The van der Waals surface area contributed by atoms with Crippen LogP contribution in [0.25, 0.3) is 5.69 Å². The predicted molar refractivity (Wildman–Crippen MR) is 233 cm³/mol. The highest BCUT2D eigenvalue weighted by Crippen LogP contribution is 2.77. The van der Waals surface area contributed by atoms with Gasteiger partial charge in [0.25, 0.3) is 5.56 Å². The number of nitrogens with zero attached hydrogens (tertiary/aromatic N) is 4. The molecule has 5 aliphatic carbocycles. The maximum absolute atomic E-state index is 14.7. The van der Waals surface area contributed by atoms with Crippen molar-refractivity contribution >= 4 is 29.3 Å².